The van der Waals surface area contributed by atoms with Crippen molar-refractivity contribution in [3.63, 3.8) is 0 Å². The Morgan fingerprint density at radius 2 is 1.92 bits per heavy atom. The highest BCUT2D eigenvalue weighted by molar-refractivity contribution is 5.94. The third-order valence-electron chi connectivity index (χ3n) is 3.75. The van der Waals surface area contributed by atoms with Crippen molar-refractivity contribution in [1.29, 1.82) is 0 Å². The average Bonchev–Trinajstić information content (AvgIpc) is 2.60. The van der Waals surface area contributed by atoms with E-state index in [1.54, 1.807) is 18.2 Å². The van der Waals surface area contributed by atoms with Crippen LogP contribution in [-0.2, 0) is 4.79 Å². The molecule has 0 spiro atoms. The third kappa shape index (κ3) is 5.38. The van der Waals surface area contributed by atoms with E-state index in [-0.39, 0.29) is 5.91 Å². The Morgan fingerprint density at radius 3 is 2.52 bits per heavy atom. The molecule has 1 amide bonds. The molecule has 2 aromatic carbocycles. The summed E-state index contributed by atoms with van der Waals surface area (Å²) in [5.74, 6) is 1.31. The van der Waals surface area contributed by atoms with Crippen LogP contribution in [0.1, 0.15) is 24.5 Å². The van der Waals surface area contributed by atoms with Gasteiger partial charge in [0.05, 0.1) is 0 Å². The van der Waals surface area contributed by atoms with Crippen molar-refractivity contribution < 1.29 is 14.3 Å². The first-order chi connectivity index (χ1) is 12.0. The first-order valence-corrected chi connectivity index (χ1v) is 8.42. The van der Waals surface area contributed by atoms with Gasteiger partial charge >= 0.3 is 0 Å². The summed E-state index contributed by atoms with van der Waals surface area (Å²) < 4.78 is 11.3. The fourth-order valence-electron chi connectivity index (χ4n) is 2.42. The largest absolute Gasteiger partial charge is 0.490 e. The zero-order chi connectivity index (χ0) is 18.2. The van der Waals surface area contributed by atoms with Gasteiger partial charge in [0, 0.05) is 5.69 Å². The lowest BCUT2D eigenvalue weighted by Crippen LogP contribution is -2.32. The van der Waals surface area contributed by atoms with Crippen LogP contribution in [0.2, 0.25) is 0 Å². The van der Waals surface area contributed by atoms with Crippen molar-refractivity contribution in [2.45, 2.75) is 33.3 Å². The van der Waals surface area contributed by atoms with Gasteiger partial charge in [-0.3, -0.25) is 4.79 Å². The average molecular weight is 339 g/mol. The summed E-state index contributed by atoms with van der Waals surface area (Å²) >= 11 is 0. The van der Waals surface area contributed by atoms with Gasteiger partial charge in [0.1, 0.15) is 18.1 Å². The molecule has 1 atom stereocenters. The highest BCUT2D eigenvalue weighted by Gasteiger charge is 2.19. The molecule has 0 saturated carbocycles. The van der Waals surface area contributed by atoms with Crippen LogP contribution in [0.25, 0.3) is 0 Å². The quantitative estimate of drug-likeness (QED) is 0.711. The number of anilines is 1. The van der Waals surface area contributed by atoms with Crippen molar-refractivity contribution in [3.8, 4) is 11.5 Å². The highest BCUT2D eigenvalue weighted by atomic mass is 16.5. The van der Waals surface area contributed by atoms with Crippen molar-refractivity contribution in [3.05, 3.63) is 66.2 Å². The Labute approximate surface area is 149 Å². The Morgan fingerprint density at radius 1 is 1.20 bits per heavy atom. The van der Waals surface area contributed by atoms with Crippen LogP contribution >= 0.6 is 0 Å². The topological polar surface area (TPSA) is 47.6 Å². The molecule has 4 heteroatoms. The molecule has 25 heavy (non-hydrogen) atoms. The lowest BCUT2D eigenvalue weighted by Gasteiger charge is -2.19. The van der Waals surface area contributed by atoms with Crippen LogP contribution in [0.4, 0.5) is 5.69 Å². The van der Waals surface area contributed by atoms with E-state index in [9.17, 15) is 4.79 Å². The van der Waals surface area contributed by atoms with Gasteiger partial charge in [0.15, 0.2) is 6.10 Å². The third-order valence-corrected chi connectivity index (χ3v) is 3.75. The summed E-state index contributed by atoms with van der Waals surface area (Å²) in [4.78, 5) is 12.5. The SMILES string of the molecule is C=CCOc1ccc(NC(=O)[C@H](CC)Oc2ccc(C)cc2C)cc1. The normalized spacial score (nSPS) is 11.5. The number of benzene rings is 2. The molecule has 0 fully saturated rings. The molecule has 0 aliphatic rings. The summed E-state index contributed by atoms with van der Waals surface area (Å²) in [7, 11) is 0. The zero-order valence-corrected chi connectivity index (χ0v) is 15.0. The molecule has 4 nitrogen and oxygen atoms in total. The van der Waals surface area contributed by atoms with Gasteiger partial charge in [-0.05, 0) is 56.2 Å². The van der Waals surface area contributed by atoms with E-state index >= 15 is 0 Å². The van der Waals surface area contributed by atoms with Crippen LogP contribution in [0, 0.1) is 13.8 Å². The van der Waals surface area contributed by atoms with Crippen LogP contribution in [0.5, 0.6) is 11.5 Å². The smallest absolute Gasteiger partial charge is 0.265 e. The number of rotatable bonds is 8. The molecular formula is C21H25NO3. The van der Waals surface area contributed by atoms with Crippen LogP contribution in [0.15, 0.2) is 55.1 Å². The maximum atomic E-state index is 12.5. The summed E-state index contributed by atoms with van der Waals surface area (Å²) in [5.41, 5.74) is 2.90. The van der Waals surface area contributed by atoms with E-state index in [1.165, 1.54) is 5.56 Å². The summed E-state index contributed by atoms with van der Waals surface area (Å²) in [6.45, 7) is 10.0. The zero-order valence-electron chi connectivity index (χ0n) is 15.0. The Bertz CT molecular complexity index is 722. The van der Waals surface area contributed by atoms with Crippen molar-refractivity contribution in [2.75, 3.05) is 11.9 Å². The number of carbonyl (C=O) groups is 1. The van der Waals surface area contributed by atoms with Gasteiger partial charge in [0.2, 0.25) is 0 Å². The molecule has 0 unspecified atom stereocenters. The molecular weight excluding hydrogens is 314 g/mol. The van der Waals surface area contributed by atoms with Crippen molar-refractivity contribution >= 4 is 11.6 Å². The molecule has 0 radical (unpaired) electrons. The van der Waals surface area contributed by atoms with Gasteiger partial charge in [-0.1, -0.05) is 37.3 Å². The number of ether oxygens (including phenoxy) is 2. The van der Waals surface area contributed by atoms with E-state index in [1.807, 2.05) is 51.1 Å². The predicted octanol–water partition coefficient (Wildman–Crippen LogP) is 4.66. The molecule has 0 aliphatic heterocycles. The van der Waals surface area contributed by atoms with Gasteiger partial charge < -0.3 is 14.8 Å². The van der Waals surface area contributed by atoms with Crippen LogP contribution in [0.3, 0.4) is 0 Å². The van der Waals surface area contributed by atoms with E-state index in [0.717, 1.165) is 17.1 Å². The standard InChI is InChI=1S/C21H25NO3/c1-5-13-24-18-10-8-17(9-11-18)22-21(23)19(6-2)25-20-12-7-15(3)14-16(20)4/h5,7-12,14,19H,1,6,13H2,2-4H3,(H,22,23)/t19-/m0/s1. The monoisotopic (exact) mass is 339 g/mol. The van der Waals surface area contributed by atoms with Gasteiger partial charge in [-0.25, -0.2) is 0 Å². The summed E-state index contributed by atoms with van der Waals surface area (Å²) in [6, 6.07) is 13.2. The molecule has 132 valence electrons. The minimum absolute atomic E-state index is 0.165. The summed E-state index contributed by atoms with van der Waals surface area (Å²) in [5, 5.41) is 2.89. The molecule has 0 bridgehead atoms. The Balaban J connectivity index is 2.00. The van der Waals surface area contributed by atoms with E-state index < -0.39 is 6.10 Å². The Kier molecular flexibility index (Phi) is 6.63. The second kappa shape index (κ2) is 8.92. The predicted molar refractivity (Wildman–Crippen MR) is 101 cm³/mol. The summed E-state index contributed by atoms with van der Waals surface area (Å²) in [6.07, 6.45) is 1.73. The fraction of sp³-hybridized carbons (Fsp3) is 0.286. The van der Waals surface area contributed by atoms with E-state index in [4.69, 9.17) is 9.47 Å². The van der Waals surface area contributed by atoms with Crippen molar-refractivity contribution in [1.82, 2.24) is 0 Å². The molecule has 0 heterocycles. The van der Waals surface area contributed by atoms with Gasteiger partial charge in [-0.15, -0.1) is 0 Å². The number of amides is 1. The van der Waals surface area contributed by atoms with E-state index in [2.05, 4.69) is 11.9 Å². The number of carbonyl (C=O) groups excluding carboxylic acids is 1. The highest BCUT2D eigenvalue weighted by Crippen LogP contribution is 2.22. The maximum absolute atomic E-state index is 12.5. The number of hydrogen-bond acceptors (Lipinski definition) is 3. The second-order valence-corrected chi connectivity index (χ2v) is 5.90. The minimum Gasteiger partial charge on any atom is -0.490 e. The van der Waals surface area contributed by atoms with Gasteiger partial charge in [0.25, 0.3) is 5.91 Å². The number of hydrogen-bond donors (Lipinski definition) is 1. The maximum Gasteiger partial charge on any atom is 0.265 e. The molecule has 0 aliphatic carbocycles. The Hall–Kier alpha value is -2.75. The number of nitrogens with one attached hydrogen (secondary N) is 1. The first-order valence-electron chi connectivity index (χ1n) is 8.42. The molecule has 0 saturated heterocycles. The van der Waals surface area contributed by atoms with Crippen LogP contribution < -0.4 is 14.8 Å². The fourth-order valence-corrected chi connectivity index (χ4v) is 2.42. The van der Waals surface area contributed by atoms with E-state index in [0.29, 0.717) is 18.7 Å². The lowest BCUT2D eigenvalue weighted by atomic mass is 10.1. The first kappa shape index (κ1) is 18.6. The molecule has 0 aromatic heterocycles. The molecule has 2 aromatic rings. The molecule has 1 N–H and O–H groups in total. The second-order valence-electron chi connectivity index (χ2n) is 5.90. The minimum atomic E-state index is -0.543. The van der Waals surface area contributed by atoms with Crippen molar-refractivity contribution in [2.24, 2.45) is 0 Å². The number of aryl methyl sites for hydroxylation is 2. The van der Waals surface area contributed by atoms with Crippen LogP contribution in [-0.4, -0.2) is 18.6 Å². The molecule has 2 rings (SSSR count). The lowest BCUT2D eigenvalue weighted by molar-refractivity contribution is -0.122. The van der Waals surface area contributed by atoms with Gasteiger partial charge in [-0.2, -0.15) is 0 Å².